The summed E-state index contributed by atoms with van der Waals surface area (Å²) in [4.78, 5) is 2.40. The third-order valence-electron chi connectivity index (χ3n) is 4.52. The summed E-state index contributed by atoms with van der Waals surface area (Å²) in [6.07, 6.45) is 5.10. The molecule has 1 aliphatic carbocycles. The Morgan fingerprint density at radius 2 is 1.89 bits per heavy atom. The fourth-order valence-corrected chi connectivity index (χ4v) is 3.73. The number of benzene rings is 1. The van der Waals surface area contributed by atoms with Gasteiger partial charge in [-0.2, -0.15) is 0 Å². The largest absolute Gasteiger partial charge is 0.309 e. The van der Waals surface area contributed by atoms with Gasteiger partial charge in [0, 0.05) is 10.6 Å². The predicted molar refractivity (Wildman–Crippen MR) is 82.8 cm³/mol. The quantitative estimate of drug-likeness (QED) is 0.881. The van der Waals surface area contributed by atoms with Gasteiger partial charge >= 0.3 is 0 Å². The monoisotopic (exact) mass is 280 g/mol. The Morgan fingerprint density at radius 3 is 2.42 bits per heavy atom. The Balaban J connectivity index is 2.41. The Labute approximate surface area is 122 Å². The molecule has 1 fully saturated rings. The Hall–Kier alpha value is -0.570. The van der Waals surface area contributed by atoms with Gasteiger partial charge in [-0.3, -0.25) is 0 Å². The number of likely N-dealkylation sites (N-methyl/N-ethyl adjacent to an activating group) is 2. The van der Waals surface area contributed by atoms with E-state index in [4.69, 9.17) is 11.6 Å². The molecule has 2 nitrogen and oxygen atoms in total. The third kappa shape index (κ3) is 2.81. The maximum Gasteiger partial charge on any atom is 0.0521 e. The molecule has 1 atom stereocenters. The molecule has 1 unspecified atom stereocenters. The summed E-state index contributed by atoms with van der Waals surface area (Å²) in [7, 11) is 4.40. The first-order valence-corrected chi connectivity index (χ1v) is 7.65. The van der Waals surface area contributed by atoms with Crippen LogP contribution in [0.15, 0.2) is 24.3 Å². The van der Waals surface area contributed by atoms with Crippen LogP contribution in [0, 0.1) is 0 Å². The van der Waals surface area contributed by atoms with Gasteiger partial charge in [0.2, 0.25) is 0 Å². The lowest BCUT2D eigenvalue weighted by Crippen LogP contribution is -2.52. The van der Waals surface area contributed by atoms with Gasteiger partial charge in [-0.25, -0.2) is 0 Å². The highest BCUT2D eigenvalue weighted by Gasteiger charge is 2.44. The number of hydrogen-bond donors (Lipinski definition) is 1. The minimum absolute atomic E-state index is 0.195. The van der Waals surface area contributed by atoms with E-state index in [2.05, 4.69) is 43.4 Å². The van der Waals surface area contributed by atoms with E-state index in [1.807, 2.05) is 12.1 Å². The number of nitrogens with one attached hydrogen (secondary N) is 1. The number of hydrogen-bond acceptors (Lipinski definition) is 2. The Morgan fingerprint density at radius 1 is 1.26 bits per heavy atom. The van der Waals surface area contributed by atoms with Gasteiger partial charge in [-0.1, -0.05) is 49.6 Å². The van der Waals surface area contributed by atoms with Crippen molar-refractivity contribution in [2.75, 3.05) is 20.6 Å². The van der Waals surface area contributed by atoms with E-state index in [1.54, 1.807) is 0 Å². The van der Waals surface area contributed by atoms with Crippen LogP contribution >= 0.6 is 11.6 Å². The minimum Gasteiger partial charge on any atom is -0.309 e. The molecule has 106 valence electrons. The van der Waals surface area contributed by atoms with Gasteiger partial charge in [0.05, 0.1) is 6.04 Å². The number of nitrogens with zero attached hydrogens (tertiary/aromatic N) is 1. The maximum atomic E-state index is 6.44. The normalized spacial score (nSPS) is 19.8. The fraction of sp³-hybridized carbons (Fsp3) is 0.625. The summed E-state index contributed by atoms with van der Waals surface area (Å²) in [6.45, 7) is 3.13. The van der Waals surface area contributed by atoms with Crippen LogP contribution in [0.4, 0.5) is 0 Å². The average Bonchev–Trinajstić information content (AvgIpc) is 2.87. The van der Waals surface area contributed by atoms with E-state index in [-0.39, 0.29) is 5.54 Å². The lowest BCUT2D eigenvalue weighted by Gasteiger charge is -2.44. The molecule has 0 bridgehead atoms. The molecule has 1 aromatic carbocycles. The van der Waals surface area contributed by atoms with E-state index in [1.165, 1.54) is 31.2 Å². The molecule has 0 heterocycles. The van der Waals surface area contributed by atoms with Crippen molar-refractivity contribution in [1.29, 1.82) is 0 Å². The molecule has 0 spiro atoms. The first-order chi connectivity index (χ1) is 9.12. The molecular weight excluding hydrogens is 256 g/mol. The molecule has 0 amide bonds. The van der Waals surface area contributed by atoms with Gasteiger partial charge in [-0.15, -0.1) is 0 Å². The van der Waals surface area contributed by atoms with Crippen LogP contribution in [-0.2, 0) is 0 Å². The van der Waals surface area contributed by atoms with E-state index in [9.17, 15) is 0 Å². The van der Waals surface area contributed by atoms with E-state index < -0.39 is 0 Å². The Kier molecular flexibility index (Phi) is 4.88. The van der Waals surface area contributed by atoms with Crippen LogP contribution in [0.3, 0.4) is 0 Å². The van der Waals surface area contributed by atoms with Gasteiger partial charge in [-0.05, 0) is 45.1 Å². The second-order valence-electron chi connectivity index (χ2n) is 5.72. The van der Waals surface area contributed by atoms with E-state index >= 15 is 0 Å². The summed E-state index contributed by atoms with van der Waals surface area (Å²) < 4.78 is 0. The highest BCUT2D eigenvalue weighted by Crippen LogP contribution is 2.44. The fourth-order valence-electron chi connectivity index (χ4n) is 3.48. The smallest absolute Gasteiger partial charge is 0.0521 e. The summed E-state index contributed by atoms with van der Waals surface area (Å²) >= 11 is 6.44. The molecule has 1 saturated carbocycles. The average molecular weight is 281 g/mol. The molecule has 0 aromatic heterocycles. The van der Waals surface area contributed by atoms with Crippen LogP contribution < -0.4 is 5.32 Å². The predicted octanol–water partition coefficient (Wildman–Crippen LogP) is 3.87. The van der Waals surface area contributed by atoms with Crippen molar-refractivity contribution in [1.82, 2.24) is 10.2 Å². The summed E-state index contributed by atoms with van der Waals surface area (Å²) in [5, 5.41) is 4.55. The van der Waals surface area contributed by atoms with Crippen molar-refractivity contribution >= 4 is 11.6 Å². The second kappa shape index (κ2) is 6.25. The van der Waals surface area contributed by atoms with Crippen molar-refractivity contribution in [2.24, 2.45) is 0 Å². The number of rotatable bonds is 5. The third-order valence-corrected chi connectivity index (χ3v) is 4.87. The SMILES string of the molecule is CCNC(c1ccccc1Cl)C1(N(C)C)CCCC1. The molecule has 0 aliphatic heterocycles. The zero-order valence-corrected chi connectivity index (χ0v) is 13.0. The summed E-state index contributed by atoms with van der Waals surface area (Å²) in [6, 6.07) is 8.57. The van der Waals surface area contributed by atoms with Crippen molar-refractivity contribution in [2.45, 2.75) is 44.2 Å². The molecule has 19 heavy (non-hydrogen) atoms. The highest BCUT2D eigenvalue weighted by molar-refractivity contribution is 6.31. The van der Waals surface area contributed by atoms with Crippen molar-refractivity contribution < 1.29 is 0 Å². The molecule has 1 N–H and O–H groups in total. The molecular formula is C16H25ClN2. The lowest BCUT2D eigenvalue weighted by molar-refractivity contribution is 0.105. The van der Waals surface area contributed by atoms with Crippen LogP contribution in [0.2, 0.25) is 5.02 Å². The molecule has 2 rings (SSSR count). The zero-order valence-electron chi connectivity index (χ0n) is 12.2. The van der Waals surface area contributed by atoms with Gasteiger partial charge in [0.25, 0.3) is 0 Å². The Bertz CT molecular complexity index is 411. The van der Waals surface area contributed by atoms with Gasteiger partial charge < -0.3 is 10.2 Å². The molecule has 0 saturated heterocycles. The molecule has 0 radical (unpaired) electrons. The second-order valence-corrected chi connectivity index (χ2v) is 6.12. The maximum absolute atomic E-state index is 6.44. The van der Waals surface area contributed by atoms with Crippen LogP contribution in [-0.4, -0.2) is 31.1 Å². The van der Waals surface area contributed by atoms with Crippen molar-refractivity contribution in [3.63, 3.8) is 0 Å². The minimum atomic E-state index is 0.195. The van der Waals surface area contributed by atoms with Crippen LogP contribution in [0.25, 0.3) is 0 Å². The van der Waals surface area contributed by atoms with Crippen LogP contribution in [0.1, 0.15) is 44.2 Å². The van der Waals surface area contributed by atoms with Crippen LogP contribution in [0.5, 0.6) is 0 Å². The van der Waals surface area contributed by atoms with E-state index in [0.29, 0.717) is 6.04 Å². The van der Waals surface area contributed by atoms with Gasteiger partial charge in [0.1, 0.15) is 0 Å². The standard InChI is InChI=1S/C16H25ClN2/c1-4-18-15(13-9-5-6-10-14(13)17)16(19(2)3)11-7-8-12-16/h5-6,9-10,15,18H,4,7-8,11-12H2,1-3H3. The molecule has 1 aromatic rings. The highest BCUT2D eigenvalue weighted by atomic mass is 35.5. The molecule has 1 aliphatic rings. The summed E-state index contributed by atoms with van der Waals surface area (Å²) in [5.74, 6) is 0. The van der Waals surface area contributed by atoms with Crippen molar-refractivity contribution in [3.8, 4) is 0 Å². The lowest BCUT2D eigenvalue weighted by atomic mass is 9.82. The topological polar surface area (TPSA) is 15.3 Å². The molecule has 3 heteroatoms. The van der Waals surface area contributed by atoms with Gasteiger partial charge in [0.15, 0.2) is 0 Å². The van der Waals surface area contributed by atoms with Crippen molar-refractivity contribution in [3.05, 3.63) is 34.9 Å². The first kappa shape index (κ1) is 14.8. The first-order valence-electron chi connectivity index (χ1n) is 7.27. The van der Waals surface area contributed by atoms with E-state index in [0.717, 1.165) is 11.6 Å². The number of halogens is 1. The summed E-state index contributed by atoms with van der Waals surface area (Å²) in [5.41, 5.74) is 1.43. The zero-order chi connectivity index (χ0) is 13.9.